The molecule has 0 unspecified atom stereocenters. The van der Waals surface area contributed by atoms with Gasteiger partial charge in [0.25, 0.3) is 0 Å². The first-order valence-corrected chi connectivity index (χ1v) is 5.52. The molecule has 0 spiro atoms. The number of hydrogen-bond donors (Lipinski definition) is 2. The molecule has 1 rings (SSSR count). The number of ether oxygens (including phenoxy) is 1. The first-order valence-electron chi connectivity index (χ1n) is 4.72. The van der Waals surface area contributed by atoms with Crippen molar-refractivity contribution in [3.8, 4) is 5.75 Å². The number of halogens is 2. The van der Waals surface area contributed by atoms with Gasteiger partial charge in [-0.3, -0.25) is 0 Å². The van der Waals surface area contributed by atoms with E-state index in [1.807, 2.05) is 0 Å². The summed E-state index contributed by atoms with van der Waals surface area (Å²) in [5, 5.41) is 3.10. The Balaban J connectivity index is 2.31. The van der Waals surface area contributed by atoms with Crippen molar-refractivity contribution >= 4 is 15.9 Å². The first-order chi connectivity index (χ1) is 7.24. The zero-order chi connectivity index (χ0) is 11.1. The third-order valence-corrected chi connectivity index (χ3v) is 2.37. The van der Waals surface area contributed by atoms with E-state index in [-0.39, 0.29) is 5.82 Å². The lowest BCUT2D eigenvalue weighted by molar-refractivity contribution is 0.312. The van der Waals surface area contributed by atoms with Crippen molar-refractivity contribution < 1.29 is 9.13 Å². The molecular formula is C10H14BrFN2O. The van der Waals surface area contributed by atoms with Crippen LogP contribution in [0.4, 0.5) is 4.39 Å². The van der Waals surface area contributed by atoms with Crippen LogP contribution in [0.3, 0.4) is 0 Å². The molecule has 3 N–H and O–H groups in total. The van der Waals surface area contributed by atoms with Gasteiger partial charge < -0.3 is 15.8 Å². The molecule has 0 saturated carbocycles. The van der Waals surface area contributed by atoms with Gasteiger partial charge in [0.05, 0.1) is 4.47 Å². The van der Waals surface area contributed by atoms with E-state index >= 15 is 0 Å². The summed E-state index contributed by atoms with van der Waals surface area (Å²) < 4.78 is 18.8. The van der Waals surface area contributed by atoms with E-state index in [1.165, 1.54) is 12.1 Å². The quantitative estimate of drug-likeness (QED) is 0.775. The topological polar surface area (TPSA) is 47.3 Å². The van der Waals surface area contributed by atoms with Crippen LogP contribution in [0, 0.1) is 5.82 Å². The summed E-state index contributed by atoms with van der Waals surface area (Å²) in [5.41, 5.74) is 5.31. The molecule has 15 heavy (non-hydrogen) atoms. The Bertz CT molecular complexity index is 309. The third-order valence-electron chi connectivity index (χ3n) is 1.75. The largest absolute Gasteiger partial charge is 0.491 e. The van der Waals surface area contributed by atoms with Crippen molar-refractivity contribution in [1.82, 2.24) is 5.32 Å². The summed E-state index contributed by atoms with van der Waals surface area (Å²) >= 11 is 3.22. The second-order valence-electron chi connectivity index (χ2n) is 2.96. The van der Waals surface area contributed by atoms with Crippen LogP contribution >= 0.6 is 15.9 Å². The minimum absolute atomic E-state index is 0.282. The lowest BCUT2D eigenvalue weighted by Crippen LogP contribution is -2.26. The van der Waals surface area contributed by atoms with Crippen molar-refractivity contribution in [2.45, 2.75) is 0 Å². The average molecular weight is 277 g/mol. The molecule has 1 aromatic rings. The van der Waals surface area contributed by atoms with E-state index in [9.17, 15) is 4.39 Å². The molecule has 0 saturated heterocycles. The minimum atomic E-state index is -0.282. The van der Waals surface area contributed by atoms with Crippen LogP contribution in [0.5, 0.6) is 5.75 Å². The molecule has 3 nitrogen and oxygen atoms in total. The summed E-state index contributed by atoms with van der Waals surface area (Å²) in [4.78, 5) is 0. The monoisotopic (exact) mass is 276 g/mol. The number of rotatable bonds is 6. The zero-order valence-corrected chi connectivity index (χ0v) is 9.89. The summed E-state index contributed by atoms with van der Waals surface area (Å²) in [7, 11) is 0. The van der Waals surface area contributed by atoms with Crippen LogP contribution < -0.4 is 15.8 Å². The van der Waals surface area contributed by atoms with Gasteiger partial charge in [-0.15, -0.1) is 0 Å². The van der Waals surface area contributed by atoms with Gasteiger partial charge in [-0.25, -0.2) is 4.39 Å². The highest BCUT2D eigenvalue weighted by molar-refractivity contribution is 9.10. The standard InChI is InChI=1S/C10H14BrFN2O/c11-9-7-8(12)1-2-10(9)15-6-5-14-4-3-13/h1-2,7,14H,3-6,13H2. The van der Waals surface area contributed by atoms with Gasteiger partial charge in [0.2, 0.25) is 0 Å². The van der Waals surface area contributed by atoms with E-state index in [2.05, 4.69) is 21.2 Å². The number of nitrogens with two attached hydrogens (primary N) is 1. The van der Waals surface area contributed by atoms with Gasteiger partial charge in [-0.1, -0.05) is 0 Å². The van der Waals surface area contributed by atoms with Crippen molar-refractivity contribution in [2.24, 2.45) is 5.73 Å². The van der Waals surface area contributed by atoms with E-state index in [1.54, 1.807) is 6.07 Å². The highest BCUT2D eigenvalue weighted by atomic mass is 79.9. The number of nitrogens with one attached hydrogen (secondary N) is 1. The Morgan fingerprint density at radius 3 is 2.87 bits per heavy atom. The molecule has 0 aliphatic rings. The molecule has 1 aromatic carbocycles. The Labute approximate surface area is 96.9 Å². The molecule has 0 aliphatic heterocycles. The molecule has 0 heterocycles. The summed E-state index contributed by atoms with van der Waals surface area (Å²) in [6.07, 6.45) is 0. The normalized spacial score (nSPS) is 10.3. The van der Waals surface area contributed by atoms with Crippen LogP contribution in [0.1, 0.15) is 0 Å². The molecule has 0 aliphatic carbocycles. The molecule has 84 valence electrons. The van der Waals surface area contributed by atoms with Crippen LogP contribution in [0.2, 0.25) is 0 Å². The second kappa shape index (κ2) is 6.76. The maximum atomic E-state index is 12.7. The fourth-order valence-electron chi connectivity index (χ4n) is 1.05. The van der Waals surface area contributed by atoms with Crippen molar-refractivity contribution in [1.29, 1.82) is 0 Å². The van der Waals surface area contributed by atoms with Crippen LogP contribution in [0.25, 0.3) is 0 Å². The van der Waals surface area contributed by atoms with Crippen LogP contribution in [-0.4, -0.2) is 26.2 Å². The highest BCUT2D eigenvalue weighted by Crippen LogP contribution is 2.25. The van der Waals surface area contributed by atoms with E-state index < -0.39 is 0 Å². The maximum Gasteiger partial charge on any atom is 0.133 e. The van der Waals surface area contributed by atoms with Gasteiger partial charge in [0, 0.05) is 19.6 Å². The maximum absolute atomic E-state index is 12.7. The lowest BCUT2D eigenvalue weighted by atomic mass is 10.3. The SMILES string of the molecule is NCCNCCOc1ccc(F)cc1Br. The van der Waals surface area contributed by atoms with Gasteiger partial charge in [-0.05, 0) is 34.1 Å². The van der Waals surface area contributed by atoms with Gasteiger partial charge in [0.15, 0.2) is 0 Å². The third kappa shape index (κ3) is 4.59. The minimum Gasteiger partial charge on any atom is -0.491 e. The molecule has 0 bridgehead atoms. The van der Waals surface area contributed by atoms with E-state index in [0.29, 0.717) is 23.4 Å². The first kappa shape index (κ1) is 12.4. The summed E-state index contributed by atoms with van der Waals surface area (Å²) in [5.74, 6) is 0.362. The van der Waals surface area contributed by atoms with Gasteiger partial charge in [0.1, 0.15) is 18.2 Å². The fourth-order valence-corrected chi connectivity index (χ4v) is 1.52. The molecule has 0 fully saturated rings. The predicted octanol–water partition coefficient (Wildman–Crippen LogP) is 1.52. The van der Waals surface area contributed by atoms with Crippen LogP contribution in [0.15, 0.2) is 22.7 Å². The Morgan fingerprint density at radius 1 is 1.40 bits per heavy atom. The highest BCUT2D eigenvalue weighted by Gasteiger charge is 2.01. The van der Waals surface area contributed by atoms with Gasteiger partial charge in [-0.2, -0.15) is 0 Å². The van der Waals surface area contributed by atoms with Crippen LogP contribution in [-0.2, 0) is 0 Å². The number of benzene rings is 1. The molecule has 0 atom stereocenters. The van der Waals surface area contributed by atoms with Gasteiger partial charge >= 0.3 is 0 Å². The average Bonchev–Trinajstić information content (AvgIpc) is 2.20. The van der Waals surface area contributed by atoms with E-state index in [0.717, 1.165) is 13.1 Å². The van der Waals surface area contributed by atoms with Crippen molar-refractivity contribution in [3.63, 3.8) is 0 Å². The molecule has 0 radical (unpaired) electrons. The second-order valence-corrected chi connectivity index (χ2v) is 3.82. The van der Waals surface area contributed by atoms with Crippen molar-refractivity contribution in [2.75, 3.05) is 26.2 Å². The Kier molecular flexibility index (Phi) is 5.60. The molecule has 0 aromatic heterocycles. The molecular weight excluding hydrogens is 263 g/mol. The lowest BCUT2D eigenvalue weighted by Gasteiger charge is -2.08. The molecule has 5 heteroatoms. The predicted molar refractivity (Wildman–Crippen MR) is 61.5 cm³/mol. The van der Waals surface area contributed by atoms with Crippen molar-refractivity contribution in [3.05, 3.63) is 28.5 Å². The smallest absolute Gasteiger partial charge is 0.133 e. The van der Waals surface area contributed by atoms with E-state index in [4.69, 9.17) is 10.5 Å². The molecule has 0 amide bonds. The Hall–Kier alpha value is -0.650. The number of hydrogen-bond acceptors (Lipinski definition) is 3. The summed E-state index contributed by atoms with van der Waals surface area (Å²) in [6, 6.07) is 4.35. The summed E-state index contributed by atoms with van der Waals surface area (Å²) in [6.45, 7) is 2.64. The zero-order valence-electron chi connectivity index (χ0n) is 8.30. The fraction of sp³-hybridized carbons (Fsp3) is 0.400. The Morgan fingerprint density at radius 2 is 2.20 bits per heavy atom.